The normalized spacial score (nSPS) is 13.5. The lowest BCUT2D eigenvalue weighted by Gasteiger charge is -2.24. The summed E-state index contributed by atoms with van der Waals surface area (Å²) in [6, 6.07) is 0. The molecular weight excluding hydrogens is 930 g/mol. The molecule has 0 fully saturated rings. The number of hydrogen-bond donors (Lipinski definition) is 1. The Labute approximate surface area is 452 Å². The van der Waals surface area contributed by atoms with Crippen molar-refractivity contribution in [2.45, 2.75) is 309 Å². The maximum absolute atomic E-state index is 12.8. The minimum absolute atomic E-state index is 0.0302. The molecule has 9 nitrogen and oxygen atoms in total. The number of allylic oxidation sites excluding steroid dienone is 6. The van der Waals surface area contributed by atoms with E-state index in [1.165, 1.54) is 212 Å². The molecular formula is C63H121NO8P+. The Bertz CT molecular complexity index is 1330. The van der Waals surface area contributed by atoms with Gasteiger partial charge in [0.2, 0.25) is 0 Å². The molecule has 0 heterocycles. The predicted octanol–water partition coefficient (Wildman–Crippen LogP) is 19.5. The van der Waals surface area contributed by atoms with Crippen molar-refractivity contribution >= 4 is 19.8 Å². The molecule has 0 saturated heterocycles. The van der Waals surface area contributed by atoms with Crippen molar-refractivity contribution in [1.82, 2.24) is 0 Å². The van der Waals surface area contributed by atoms with Crippen molar-refractivity contribution in [3.63, 3.8) is 0 Å². The van der Waals surface area contributed by atoms with Gasteiger partial charge in [-0.25, -0.2) is 4.57 Å². The number of quaternary nitrogens is 1. The third kappa shape index (κ3) is 59.3. The predicted molar refractivity (Wildman–Crippen MR) is 312 cm³/mol. The summed E-state index contributed by atoms with van der Waals surface area (Å²) in [5.74, 6) is -0.800. The molecule has 73 heavy (non-hydrogen) atoms. The topological polar surface area (TPSA) is 108 Å². The molecule has 0 spiro atoms. The Morgan fingerprint density at radius 2 is 0.740 bits per heavy atom. The molecule has 0 aromatic heterocycles. The highest BCUT2D eigenvalue weighted by atomic mass is 31.2. The Hall–Kier alpha value is -1.77. The van der Waals surface area contributed by atoms with E-state index in [9.17, 15) is 19.0 Å². The molecule has 0 aliphatic rings. The van der Waals surface area contributed by atoms with E-state index in [-0.39, 0.29) is 32.0 Å². The van der Waals surface area contributed by atoms with Gasteiger partial charge in [0.25, 0.3) is 0 Å². The number of unbranched alkanes of at least 4 members (excludes halogenated alkanes) is 38. The molecule has 0 aliphatic carbocycles. The number of likely N-dealkylation sites (N-methyl/N-ethyl adjacent to an activating group) is 1. The second-order valence-corrected chi connectivity index (χ2v) is 23.9. The second kappa shape index (κ2) is 55.0. The zero-order valence-corrected chi connectivity index (χ0v) is 49.8. The highest BCUT2D eigenvalue weighted by molar-refractivity contribution is 7.47. The van der Waals surface area contributed by atoms with E-state index < -0.39 is 26.5 Å². The maximum Gasteiger partial charge on any atom is 0.472 e. The Morgan fingerprint density at radius 3 is 1.11 bits per heavy atom. The van der Waals surface area contributed by atoms with Gasteiger partial charge in [-0.2, -0.15) is 0 Å². The van der Waals surface area contributed by atoms with Crippen molar-refractivity contribution < 1.29 is 42.1 Å². The number of ether oxygens (including phenoxy) is 2. The molecule has 0 rings (SSSR count). The van der Waals surface area contributed by atoms with Crippen LogP contribution in [0.4, 0.5) is 0 Å². The van der Waals surface area contributed by atoms with Crippen LogP contribution < -0.4 is 0 Å². The zero-order valence-electron chi connectivity index (χ0n) is 48.9. The van der Waals surface area contributed by atoms with Gasteiger partial charge in [0.15, 0.2) is 6.10 Å². The third-order valence-electron chi connectivity index (χ3n) is 13.9. The van der Waals surface area contributed by atoms with Crippen molar-refractivity contribution in [3.8, 4) is 0 Å². The first-order valence-electron chi connectivity index (χ1n) is 31.2. The van der Waals surface area contributed by atoms with Crippen molar-refractivity contribution in [2.24, 2.45) is 0 Å². The van der Waals surface area contributed by atoms with Crippen LogP contribution in [0, 0.1) is 0 Å². The first-order valence-corrected chi connectivity index (χ1v) is 32.7. The number of carbonyl (C=O) groups is 2. The van der Waals surface area contributed by atoms with Crippen LogP contribution in [0.15, 0.2) is 36.5 Å². The summed E-state index contributed by atoms with van der Waals surface area (Å²) >= 11 is 0. The molecule has 2 unspecified atom stereocenters. The molecule has 0 aromatic rings. The van der Waals surface area contributed by atoms with Gasteiger partial charge in [-0.05, 0) is 70.6 Å². The zero-order chi connectivity index (χ0) is 53.5. The monoisotopic (exact) mass is 1050 g/mol. The van der Waals surface area contributed by atoms with Gasteiger partial charge in [0, 0.05) is 12.8 Å². The average molecular weight is 1050 g/mol. The summed E-state index contributed by atoms with van der Waals surface area (Å²) < 4.78 is 34.6. The number of carbonyl (C=O) groups excluding carboxylic acids is 2. The molecule has 1 N–H and O–H groups in total. The van der Waals surface area contributed by atoms with Crippen LogP contribution in [0.5, 0.6) is 0 Å². The van der Waals surface area contributed by atoms with E-state index in [1.54, 1.807) is 0 Å². The standard InChI is InChI=1S/C63H120NO8P/c1-6-8-10-12-14-16-18-20-22-24-25-26-27-28-29-30-31-32-33-34-35-36-37-38-39-40-42-43-45-47-49-51-53-55-62(65)69-59-61(60-71-73(67,68)70-58-57-64(3,4)5)72-63(66)56-54-52-50-48-46-44-41-23-21-19-17-15-13-11-9-7-2/h17,19,23-25,41,61H,6-16,18,20-22,26-40,42-60H2,1-5H3/p+1/b19-17-,25-24-,41-23-. The number of esters is 2. The average Bonchev–Trinajstić information content (AvgIpc) is 3.35. The van der Waals surface area contributed by atoms with Gasteiger partial charge >= 0.3 is 19.8 Å². The van der Waals surface area contributed by atoms with E-state index in [2.05, 4.69) is 50.3 Å². The van der Waals surface area contributed by atoms with Crippen molar-refractivity contribution in [3.05, 3.63) is 36.5 Å². The molecule has 0 radical (unpaired) electrons. The molecule has 0 bridgehead atoms. The van der Waals surface area contributed by atoms with Crippen LogP contribution in [0.3, 0.4) is 0 Å². The number of hydrogen-bond acceptors (Lipinski definition) is 7. The summed E-state index contributed by atoms with van der Waals surface area (Å²) in [7, 11) is 1.48. The SMILES string of the molecule is CCCCCC/C=C\C/C=C\CCCCCCCC(=O)OC(COC(=O)CCCCCCCCCCCCCCCCCCCCCCC/C=C\CCCCCCCCCC)COP(=O)(O)OCC[N+](C)(C)C. The van der Waals surface area contributed by atoms with Crippen LogP contribution in [0.2, 0.25) is 0 Å². The molecule has 10 heteroatoms. The lowest BCUT2D eigenvalue weighted by molar-refractivity contribution is -0.870. The van der Waals surface area contributed by atoms with Crippen LogP contribution in [-0.4, -0.2) is 74.9 Å². The number of nitrogens with zero attached hydrogens (tertiary/aromatic N) is 1. The fraction of sp³-hybridized carbons (Fsp3) is 0.873. The summed E-state index contributed by atoms with van der Waals surface area (Å²) in [4.78, 5) is 35.7. The van der Waals surface area contributed by atoms with Crippen LogP contribution >= 0.6 is 7.82 Å². The van der Waals surface area contributed by atoms with Crippen molar-refractivity contribution in [2.75, 3.05) is 47.5 Å². The largest absolute Gasteiger partial charge is 0.472 e. The van der Waals surface area contributed by atoms with E-state index >= 15 is 0 Å². The summed E-state index contributed by atoms with van der Waals surface area (Å²) in [5, 5.41) is 0. The third-order valence-corrected chi connectivity index (χ3v) is 14.9. The highest BCUT2D eigenvalue weighted by Crippen LogP contribution is 2.43. The van der Waals surface area contributed by atoms with E-state index in [0.29, 0.717) is 17.4 Å². The Kier molecular flexibility index (Phi) is 53.7. The van der Waals surface area contributed by atoms with Gasteiger partial charge in [-0.1, -0.05) is 256 Å². The fourth-order valence-corrected chi connectivity index (χ4v) is 9.78. The van der Waals surface area contributed by atoms with E-state index in [0.717, 1.165) is 57.8 Å². The number of phosphoric ester groups is 1. The molecule has 0 saturated carbocycles. The second-order valence-electron chi connectivity index (χ2n) is 22.4. The first kappa shape index (κ1) is 71.2. The maximum atomic E-state index is 12.8. The lowest BCUT2D eigenvalue weighted by Crippen LogP contribution is -2.37. The van der Waals surface area contributed by atoms with Gasteiger partial charge in [-0.3, -0.25) is 18.6 Å². The van der Waals surface area contributed by atoms with Gasteiger partial charge in [0.1, 0.15) is 19.8 Å². The molecule has 0 amide bonds. The molecule has 430 valence electrons. The first-order chi connectivity index (χ1) is 35.5. The van der Waals surface area contributed by atoms with Crippen LogP contribution in [-0.2, 0) is 32.7 Å². The summed E-state index contributed by atoms with van der Waals surface area (Å²) in [6.07, 6.45) is 68.1. The smallest absolute Gasteiger partial charge is 0.462 e. The minimum atomic E-state index is -4.39. The Balaban J connectivity index is 3.98. The van der Waals surface area contributed by atoms with Crippen LogP contribution in [0.25, 0.3) is 0 Å². The number of phosphoric acid groups is 1. The van der Waals surface area contributed by atoms with Gasteiger partial charge in [0.05, 0.1) is 27.7 Å². The number of rotatable bonds is 58. The Morgan fingerprint density at radius 1 is 0.425 bits per heavy atom. The lowest BCUT2D eigenvalue weighted by atomic mass is 10.0. The summed E-state index contributed by atoms with van der Waals surface area (Å²) in [5.41, 5.74) is 0. The molecule has 2 atom stereocenters. The summed E-state index contributed by atoms with van der Waals surface area (Å²) in [6.45, 7) is 4.44. The van der Waals surface area contributed by atoms with E-state index in [4.69, 9.17) is 18.5 Å². The van der Waals surface area contributed by atoms with Gasteiger partial charge in [-0.15, -0.1) is 0 Å². The quantitative estimate of drug-likeness (QED) is 0.0211. The van der Waals surface area contributed by atoms with Gasteiger partial charge < -0.3 is 18.9 Å². The fourth-order valence-electron chi connectivity index (χ4n) is 9.04. The van der Waals surface area contributed by atoms with E-state index in [1.807, 2.05) is 21.1 Å². The molecule has 0 aliphatic heterocycles. The van der Waals surface area contributed by atoms with Crippen LogP contribution in [0.1, 0.15) is 303 Å². The molecule has 0 aromatic carbocycles. The highest BCUT2D eigenvalue weighted by Gasteiger charge is 2.27. The van der Waals surface area contributed by atoms with Crippen molar-refractivity contribution in [1.29, 1.82) is 0 Å². The minimum Gasteiger partial charge on any atom is -0.462 e.